The number of methoxy groups -OCH3 is 1. The van der Waals surface area contributed by atoms with E-state index in [-0.39, 0.29) is 12.1 Å². The number of carbonyl (C=O) groups excluding carboxylic acids is 1. The second-order valence-corrected chi connectivity index (χ2v) is 8.74. The summed E-state index contributed by atoms with van der Waals surface area (Å²) in [4.78, 5) is 17.0. The Kier molecular flexibility index (Phi) is 5.70. The number of imidazole rings is 1. The predicted molar refractivity (Wildman–Crippen MR) is 123 cm³/mol. The van der Waals surface area contributed by atoms with Crippen molar-refractivity contribution in [2.45, 2.75) is 44.8 Å². The zero-order chi connectivity index (χ0) is 22.1. The Bertz CT molecular complexity index is 1180. The SMILES string of the molecule is COC(=O)c1ccc2nc(CC3CC=C(c4cccc(O)c4)CC3)n(C[C@@H]3CCO3)c2c1. The van der Waals surface area contributed by atoms with E-state index >= 15 is 0 Å². The van der Waals surface area contributed by atoms with Gasteiger partial charge in [0.15, 0.2) is 0 Å². The van der Waals surface area contributed by atoms with E-state index in [0.717, 1.165) is 67.7 Å². The first-order valence-electron chi connectivity index (χ1n) is 11.3. The zero-order valence-electron chi connectivity index (χ0n) is 18.3. The monoisotopic (exact) mass is 432 g/mol. The van der Waals surface area contributed by atoms with Gasteiger partial charge in [-0.15, -0.1) is 0 Å². The van der Waals surface area contributed by atoms with Crippen molar-refractivity contribution in [1.82, 2.24) is 9.55 Å². The van der Waals surface area contributed by atoms with Crippen molar-refractivity contribution in [3.8, 4) is 5.75 Å². The number of carbonyl (C=O) groups is 1. The smallest absolute Gasteiger partial charge is 0.337 e. The number of fused-ring (bicyclic) bond motifs is 1. The van der Waals surface area contributed by atoms with Gasteiger partial charge in [0.25, 0.3) is 0 Å². The van der Waals surface area contributed by atoms with Gasteiger partial charge in [-0.3, -0.25) is 0 Å². The van der Waals surface area contributed by atoms with Gasteiger partial charge in [-0.25, -0.2) is 9.78 Å². The van der Waals surface area contributed by atoms with Gasteiger partial charge >= 0.3 is 5.97 Å². The first-order valence-corrected chi connectivity index (χ1v) is 11.3. The van der Waals surface area contributed by atoms with Crippen LogP contribution in [0.3, 0.4) is 0 Å². The molecule has 1 aliphatic carbocycles. The maximum Gasteiger partial charge on any atom is 0.337 e. The van der Waals surface area contributed by atoms with E-state index in [1.54, 1.807) is 12.1 Å². The third kappa shape index (κ3) is 4.15. The lowest BCUT2D eigenvalue weighted by atomic mass is 9.84. The number of phenols is 1. The van der Waals surface area contributed by atoms with Gasteiger partial charge in [0.05, 0.1) is 36.4 Å². The van der Waals surface area contributed by atoms with Gasteiger partial charge in [-0.2, -0.15) is 0 Å². The summed E-state index contributed by atoms with van der Waals surface area (Å²) in [5.41, 5.74) is 4.81. The highest BCUT2D eigenvalue weighted by Crippen LogP contribution is 2.34. The standard InChI is InChI=1S/C26H28N2O4/c1-31-26(30)20-9-10-23-24(15-20)28(16-22-11-12-32-22)25(27-23)13-17-5-7-18(8-6-17)19-3-2-4-21(29)14-19/h2-4,7,9-10,14-15,17,22,29H,5-6,8,11-13,16H2,1H3/t17?,22-/m0/s1. The highest BCUT2D eigenvalue weighted by molar-refractivity contribution is 5.93. The number of rotatable bonds is 6. The van der Waals surface area contributed by atoms with Gasteiger partial charge in [-0.05, 0) is 73.1 Å². The van der Waals surface area contributed by atoms with Gasteiger partial charge in [0.2, 0.25) is 0 Å². The molecule has 0 bridgehead atoms. The summed E-state index contributed by atoms with van der Waals surface area (Å²) in [6.07, 6.45) is 7.51. The van der Waals surface area contributed by atoms with Crippen LogP contribution in [0.15, 0.2) is 48.5 Å². The minimum Gasteiger partial charge on any atom is -0.508 e. The molecule has 2 atom stereocenters. The van der Waals surface area contributed by atoms with Crippen LogP contribution in [0.25, 0.3) is 16.6 Å². The molecule has 32 heavy (non-hydrogen) atoms. The molecule has 0 saturated carbocycles. The molecular formula is C26H28N2O4. The zero-order valence-corrected chi connectivity index (χ0v) is 18.3. The molecule has 0 amide bonds. The summed E-state index contributed by atoms with van der Waals surface area (Å²) in [7, 11) is 1.40. The Hall–Kier alpha value is -3.12. The maximum absolute atomic E-state index is 12.1. The summed E-state index contributed by atoms with van der Waals surface area (Å²) in [5.74, 6) is 1.53. The van der Waals surface area contributed by atoms with Crippen LogP contribution in [-0.4, -0.2) is 40.4 Å². The van der Waals surface area contributed by atoms with Crippen LogP contribution in [0.5, 0.6) is 5.75 Å². The average molecular weight is 433 g/mol. The van der Waals surface area contributed by atoms with E-state index in [2.05, 4.69) is 16.7 Å². The van der Waals surface area contributed by atoms with Crippen molar-refractivity contribution in [3.63, 3.8) is 0 Å². The highest BCUT2D eigenvalue weighted by Gasteiger charge is 2.24. The number of ether oxygens (including phenoxy) is 2. The molecule has 1 unspecified atom stereocenters. The van der Waals surface area contributed by atoms with Gasteiger partial charge in [-0.1, -0.05) is 18.2 Å². The lowest BCUT2D eigenvalue weighted by Gasteiger charge is -2.28. The van der Waals surface area contributed by atoms with Crippen molar-refractivity contribution in [2.24, 2.45) is 5.92 Å². The van der Waals surface area contributed by atoms with Crippen LogP contribution in [-0.2, 0) is 22.4 Å². The second-order valence-electron chi connectivity index (χ2n) is 8.74. The molecule has 3 aromatic rings. The fourth-order valence-electron chi connectivity index (χ4n) is 4.71. The Morgan fingerprint density at radius 2 is 2.12 bits per heavy atom. The minimum atomic E-state index is -0.335. The Morgan fingerprint density at radius 1 is 1.25 bits per heavy atom. The summed E-state index contributed by atoms with van der Waals surface area (Å²) < 4.78 is 12.8. The Morgan fingerprint density at radius 3 is 2.81 bits per heavy atom. The first-order chi connectivity index (χ1) is 15.6. The molecule has 6 nitrogen and oxygen atoms in total. The summed E-state index contributed by atoms with van der Waals surface area (Å²) in [5, 5.41) is 9.78. The van der Waals surface area contributed by atoms with Gasteiger partial charge < -0.3 is 19.1 Å². The summed E-state index contributed by atoms with van der Waals surface area (Å²) >= 11 is 0. The van der Waals surface area contributed by atoms with Crippen LogP contribution >= 0.6 is 0 Å². The molecule has 6 heteroatoms. The second kappa shape index (κ2) is 8.79. The quantitative estimate of drug-likeness (QED) is 0.570. The summed E-state index contributed by atoms with van der Waals surface area (Å²) in [6.45, 7) is 1.57. The highest BCUT2D eigenvalue weighted by atomic mass is 16.5. The molecule has 1 aromatic heterocycles. The largest absolute Gasteiger partial charge is 0.508 e. The van der Waals surface area contributed by atoms with Crippen LogP contribution < -0.4 is 0 Å². The minimum absolute atomic E-state index is 0.205. The van der Waals surface area contributed by atoms with Crippen molar-refractivity contribution >= 4 is 22.6 Å². The third-order valence-corrected chi connectivity index (χ3v) is 6.64. The van der Waals surface area contributed by atoms with Crippen LogP contribution in [0.4, 0.5) is 0 Å². The van der Waals surface area contributed by atoms with Gasteiger partial charge in [0.1, 0.15) is 11.6 Å². The number of aromatic nitrogens is 2. The van der Waals surface area contributed by atoms with Crippen molar-refractivity contribution in [1.29, 1.82) is 0 Å². The van der Waals surface area contributed by atoms with E-state index < -0.39 is 0 Å². The van der Waals surface area contributed by atoms with E-state index in [0.29, 0.717) is 17.2 Å². The molecule has 2 aliphatic rings. The molecule has 0 radical (unpaired) electrons. The number of esters is 1. The topological polar surface area (TPSA) is 73.6 Å². The fourth-order valence-corrected chi connectivity index (χ4v) is 4.71. The summed E-state index contributed by atoms with van der Waals surface area (Å²) in [6, 6.07) is 13.1. The molecule has 1 N–H and O–H groups in total. The number of hydrogen-bond donors (Lipinski definition) is 1. The lowest BCUT2D eigenvalue weighted by molar-refractivity contribution is -0.0590. The molecule has 166 valence electrons. The van der Waals surface area contributed by atoms with Crippen LogP contribution in [0.2, 0.25) is 0 Å². The van der Waals surface area contributed by atoms with Gasteiger partial charge in [0, 0.05) is 13.0 Å². The average Bonchev–Trinajstić information content (AvgIpc) is 3.12. The van der Waals surface area contributed by atoms with Crippen LogP contribution in [0.1, 0.15) is 47.4 Å². The molecule has 2 heterocycles. The lowest BCUT2D eigenvalue weighted by Crippen LogP contribution is -2.32. The number of benzene rings is 2. The molecular weight excluding hydrogens is 404 g/mol. The molecule has 1 aliphatic heterocycles. The third-order valence-electron chi connectivity index (χ3n) is 6.64. The van der Waals surface area contributed by atoms with Crippen LogP contribution in [0, 0.1) is 5.92 Å². The van der Waals surface area contributed by atoms with E-state index in [4.69, 9.17) is 14.5 Å². The molecule has 1 saturated heterocycles. The predicted octanol–water partition coefficient (Wildman–Crippen LogP) is 4.74. The Balaban J connectivity index is 1.39. The molecule has 1 fully saturated rings. The number of hydrogen-bond acceptors (Lipinski definition) is 5. The normalized spacial score (nSPS) is 20.6. The first kappa shape index (κ1) is 20.8. The van der Waals surface area contributed by atoms with E-state index in [1.807, 2.05) is 24.3 Å². The fraction of sp³-hybridized carbons (Fsp3) is 0.385. The van der Waals surface area contributed by atoms with Crippen molar-refractivity contribution in [3.05, 3.63) is 65.5 Å². The number of allylic oxidation sites excluding steroid dienone is 2. The number of phenolic OH excluding ortho intramolecular Hbond substituents is 1. The molecule has 2 aromatic carbocycles. The number of nitrogens with zero attached hydrogens (tertiary/aromatic N) is 2. The number of aromatic hydroxyl groups is 1. The maximum atomic E-state index is 12.1. The van der Waals surface area contributed by atoms with E-state index in [1.165, 1.54) is 12.7 Å². The molecule has 5 rings (SSSR count). The van der Waals surface area contributed by atoms with Crippen molar-refractivity contribution < 1.29 is 19.4 Å². The molecule has 0 spiro atoms. The Labute approximate surface area is 187 Å². The van der Waals surface area contributed by atoms with E-state index in [9.17, 15) is 9.90 Å². The van der Waals surface area contributed by atoms with Crippen molar-refractivity contribution in [2.75, 3.05) is 13.7 Å².